The van der Waals surface area contributed by atoms with Gasteiger partial charge in [-0.25, -0.2) is 45.0 Å². The number of anilines is 7. The van der Waals surface area contributed by atoms with Gasteiger partial charge >= 0.3 is 12.2 Å². The van der Waals surface area contributed by atoms with Crippen molar-refractivity contribution in [3.63, 3.8) is 0 Å². The molecule has 0 saturated carbocycles. The van der Waals surface area contributed by atoms with Crippen LogP contribution in [0.15, 0.2) is 82.8 Å². The molecular formula is C62H79Cl3N12O12S2. The number of hydrogen-bond acceptors (Lipinski definition) is 20. The molecule has 4 aliphatic heterocycles. The molecule has 0 bridgehead atoms. The molecule has 2 aromatic heterocycles. The van der Waals surface area contributed by atoms with Crippen molar-refractivity contribution >= 4 is 107 Å². The Morgan fingerprint density at radius 2 is 0.967 bits per heavy atom. The van der Waals surface area contributed by atoms with Crippen molar-refractivity contribution in [2.75, 3.05) is 102 Å². The normalized spacial score (nSPS) is 15.4. The molecule has 6 aromatic rings. The number of nitrogen functional groups attached to an aromatic ring is 1. The minimum atomic E-state index is -3.73. The van der Waals surface area contributed by atoms with Crippen LogP contribution in [0.5, 0.6) is 23.0 Å². The van der Waals surface area contributed by atoms with E-state index in [4.69, 9.17) is 69.0 Å². The molecule has 0 unspecified atom stereocenters. The van der Waals surface area contributed by atoms with Gasteiger partial charge in [0.1, 0.15) is 57.5 Å². The zero-order valence-corrected chi connectivity index (χ0v) is 57.0. The molecule has 10 rings (SSSR count). The highest BCUT2D eigenvalue weighted by atomic mass is 35.5. The summed E-state index contributed by atoms with van der Waals surface area (Å²) in [5.41, 5.74) is 11.4. The highest BCUT2D eigenvalue weighted by Gasteiger charge is 2.35. The Morgan fingerprint density at radius 1 is 0.571 bits per heavy atom. The van der Waals surface area contributed by atoms with Crippen LogP contribution in [-0.2, 0) is 29.5 Å². The fourth-order valence-electron chi connectivity index (χ4n) is 10.5. The van der Waals surface area contributed by atoms with E-state index in [-0.39, 0.29) is 60.8 Å². The Bertz CT molecular complexity index is 3860. The number of fused-ring (bicyclic) bond motifs is 2. The lowest BCUT2D eigenvalue weighted by molar-refractivity contribution is 0.0193. The monoisotopic (exact) mass is 1350 g/mol. The second-order valence-corrected chi connectivity index (χ2v) is 29.6. The first-order valence-corrected chi connectivity index (χ1v) is 33.5. The molecule has 4 aliphatic rings. The highest BCUT2D eigenvalue weighted by molar-refractivity contribution is 7.89. The van der Waals surface area contributed by atoms with E-state index < -0.39 is 31.2 Å². The van der Waals surface area contributed by atoms with Gasteiger partial charge in [0.2, 0.25) is 31.3 Å². The minimum Gasteiger partial charge on any atom is -0.486 e. The average Bonchev–Trinajstić information content (AvgIpc) is 1.02. The Labute approximate surface area is 547 Å². The third-order valence-corrected chi connectivity index (χ3v) is 19.2. The molecular weight excluding hydrogens is 1280 g/mol. The van der Waals surface area contributed by atoms with Crippen molar-refractivity contribution in [1.82, 2.24) is 38.3 Å². The summed E-state index contributed by atoms with van der Waals surface area (Å²) in [5, 5.41) is 9.62. The van der Waals surface area contributed by atoms with Gasteiger partial charge in [0.25, 0.3) is 0 Å². The molecule has 91 heavy (non-hydrogen) atoms. The van der Waals surface area contributed by atoms with Crippen molar-refractivity contribution < 1.29 is 54.8 Å². The van der Waals surface area contributed by atoms with Crippen LogP contribution in [0.3, 0.4) is 0 Å². The van der Waals surface area contributed by atoms with Gasteiger partial charge in [-0.1, -0.05) is 47.5 Å². The summed E-state index contributed by atoms with van der Waals surface area (Å²) in [7, 11) is -1.47. The number of rotatable bonds is 12. The van der Waals surface area contributed by atoms with Crippen molar-refractivity contribution in [3.8, 4) is 23.0 Å². The number of amides is 2. The average molecular weight is 1350 g/mol. The summed E-state index contributed by atoms with van der Waals surface area (Å²) in [6.45, 7) is 19.7. The lowest BCUT2D eigenvalue weighted by Crippen LogP contribution is -2.41. The zero-order chi connectivity index (χ0) is 66.3. The second-order valence-electron chi connectivity index (χ2n) is 24.2. The van der Waals surface area contributed by atoms with E-state index in [1.807, 2.05) is 60.6 Å². The molecule has 5 N–H and O–H groups in total. The predicted molar refractivity (Wildman–Crippen MR) is 352 cm³/mol. The molecule has 24 nitrogen and oxygen atoms in total. The van der Waals surface area contributed by atoms with Crippen molar-refractivity contribution in [2.45, 2.75) is 114 Å². The first-order chi connectivity index (χ1) is 42.8. The molecule has 0 spiro atoms. The van der Waals surface area contributed by atoms with E-state index in [0.717, 1.165) is 56.7 Å². The molecule has 29 heteroatoms. The quantitative estimate of drug-likeness (QED) is 0.0654. The standard InChI is InChI=1S/C31H39ClN6O6S.C19H28N2O4.C12H12Cl2N4O2S/c1-19-17-23(26-27(43-16-15-42-26)25(19)20-11-13-38(14-12-20)30(39)44-31(2,3)4)35-29-33-18-21(32)28(36-29)34-22-9-7-8-10-24(22)45(40,41)37(5)6;1-12-11-14(20)16-17(24-10-9-23-16)15(12)13-5-7-21(8-6-13)18(22)25-19(2,3)4;1-18(2)21(19,20)10-6-4-3-5-9(10)16-11-8(13)7-15-12(14)17-11/h7-10,17-18,20H,11-16H2,1-6H3,(H2,33,34,35,36);11,13H,5-10,20H2,1-4H3;3-7H,1-2H3,(H,15,16,17). The van der Waals surface area contributed by atoms with Gasteiger partial charge in [-0.3, -0.25) is 0 Å². The maximum Gasteiger partial charge on any atom is 0.410 e. The summed E-state index contributed by atoms with van der Waals surface area (Å²) < 4.78 is 87.6. The molecule has 6 heterocycles. The van der Waals surface area contributed by atoms with Crippen LogP contribution in [-0.4, -0.2) is 159 Å². The van der Waals surface area contributed by atoms with Crippen LogP contribution < -0.4 is 40.6 Å². The van der Waals surface area contributed by atoms with Gasteiger partial charge in [0, 0.05) is 65.5 Å². The first-order valence-electron chi connectivity index (χ1n) is 29.4. The first kappa shape index (κ1) is 69.6. The summed E-state index contributed by atoms with van der Waals surface area (Å²) in [5.74, 6) is 3.89. The van der Waals surface area contributed by atoms with Gasteiger partial charge in [0.05, 0.1) is 35.1 Å². The number of piperidine rings is 2. The fourth-order valence-corrected chi connectivity index (χ4v) is 13.0. The molecule has 2 saturated heterocycles. The Balaban J connectivity index is 0.000000195. The summed E-state index contributed by atoms with van der Waals surface area (Å²) in [6, 6.07) is 16.9. The second kappa shape index (κ2) is 29.1. The zero-order valence-electron chi connectivity index (χ0n) is 53.1. The number of nitrogens with two attached hydrogens (primary N) is 1. The lowest BCUT2D eigenvalue weighted by Gasteiger charge is -2.35. The molecule has 0 radical (unpaired) electrons. The highest BCUT2D eigenvalue weighted by Crippen LogP contribution is 2.49. The number of hydrogen-bond donors (Lipinski definition) is 4. The minimum absolute atomic E-state index is 0.00912. The topological polar surface area (TPSA) is 284 Å². The maximum atomic E-state index is 12.9. The summed E-state index contributed by atoms with van der Waals surface area (Å²) in [4.78, 5) is 45.2. The number of aromatic nitrogens is 4. The van der Waals surface area contributed by atoms with Crippen LogP contribution >= 0.6 is 34.8 Å². The number of halogens is 3. The molecule has 2 amide bonds. The Kier molecular flexibility index (Phi) is 22.2. The molecule has 0 atom stereocenters. The van der Waals surface area contributed by atoms with Crippen LogP contribution in [0, 0.1) is 13.8 Å². The van der Waals surface area contributed by atoms with Crippen LogP contribution in [0.1, 0.15) is 101 Å². The predicted octanol–water partition coefficient (Wildman–Crippen LogP) is 12.3. The van der Waals surface area contributed by atoms with Crippen LogP contribution in [0.2, 0.25) is 15.3 Å². The maximum absolute atomic E-state index is 12.9. The molecule has 492 valence electrons. The molecule has 4 aromatic carbocycles. The van der Waals surface area contributed by atoms with E-state index in [1.165, 1.54) is 58.3 Å². The number of likely N-dealkylation sites (tertiary alicyclic amines) is 2. The van der Waals surface area contributed by atoms with E-state index in [9.17, 15) is 26.4 Å². The third kappa shape index (κ3) is 17.2. The smallest absolute Gasteiger partial charge is 0.410 e. The Morgan fingerprint density at radius 3 is 1.42 bits per heavy atom. The summed E-state index contributed by atoms with van der Waals surface area (Å²) >= 11 is 18.1. The number of benzene rings is 4. The van der Waals surface area contributed by atoms with Gasteiger partial charge in [-0.2, -0.15) is 9.97 Å². The number of nitrogens with zero attached hydrogens (tertiary/aromatic N) is 8. The third-order valence-electron chi connectivity index (χ3n) is 14.8. The fraction of sp³-hybridized carbons (Fsp3) is 0.452. The molecule has 0 aliphatic carbocycles. The van der Waals surface area contributed by atoms with E-state index >= 15 is 0 Å². The number of sulfonamides is 2. The van der Waals surface area contributed by atoms with E-state index in [0.29, 0.717) is 98.5 Å². The lowest BCUT2D eigenvalue weighted by atomic mass is 9.85. The summed E-state index contributed by atoms with van der Waals surface area (Å²) in [6.07, 6.45) is 5.53. The van der Waals surface area contributed by atoms with Crippen LogP contribution in [0.4, 0.5) is 49.9 Å². The van der Waals surface area contributed by atoms with Crippen molar-refractivity contribution in [3.05, 3.63) is 111 Å². The van der Waals surface area contributed by atoms with E-state index in [1.54, 1.807) is 46.2 Å². The largest absolute Gasteiger partial charge is 0.486 e. The SMILES string of the molecule is CN(C)S(=O)(=O)c1ccccc1Nc1nc(Cl)ncc1Cl.Cc1cc(N)c2c(c1C1CCN(C(=O)OC(C)(C)C)CC1)OCCO2.Cc1cc(Nc2ncc(Cl)c(Nc3ccccc3S(=O)(=O)N(C)C)n2)c2c(c1C1CCN(C(=O)OC(C)(C)C)CC1)OCCO2. The van der Waals surface area contributed by atoms with Crippen molar-refractivity contribution in [1.29, 1.82) is 0 Å². The van der Waals surface area contributed by atoms with Gasteiger partial charge in [-0.05, 0) is 152 Å². The molecule has 2 fully saturated rings. The van der Waals surface area contributed by atoms with Crippen LogP contribution in [0.25, 0.3) is 0 Å². The van der Waals surface area contributed by atoms with E-state index in [2.05, 4.69) is 42.8 Å². The Hall–Kier alpha value is -7.33. The van der Waals surface area contributed by atoms with Gasteiger partial charge in [0.15, 0.2) is 34.6 Å². The van der Waals surface area contributed by atoms with Gasteiger partial charge in [-0.15, -0.1) is 0 Å². The van der Waals surface area contributed by atoms with Crippen molar-refractivity contribution in [2.24, 2.45) is 0 Å². The number of carbonyl (C=O) groups is 2. The van der Waals surface area contributed by atoms with Gasteiger partial charge < -0.3 is 59.9 Å². The number of carbonyl (C=O) groups excluding carboxylic acids is 2. The number of nitrogens with one attached hydrogen (secondary N) is 3. The number of para-hydroxylation sites is 2. The number of aryl methyl sites for hydroxylation is 2. The number of ether oxygens (including phenoxy) is 6.